The first-order chi connectivity index (χ1) is 20.2. The van der Waals surface area contributed by atoms with Crippen molar-refractivity contribution in [2.45, 2.75) is 97.7 Å². The molecule has 1 aromatic carbocycles. The second-order valence-electron chi connectivity index (χ2n) is 13.1. The largest absolute Gasteiger partial charge is 0.491 e. The molecular formula is C32H48ClN5O4Si. The van der Waals surface area contributed by atoms with Gasteiger partial charge in [0.2, 0.25) is 0 Å². The Morgan fingerprint density at radius 2 is 1.91 bits per heavy atom. The molecule has 236 valence electrons. The number of benzene rings is 1. The quantitative estimate of drug-likeness (QED) is 0.211. The molecule has 11 heteroatoms. The Morgan fingerprint density at radius 1 is 1.16 bits per heavy atom. The Labute approximate surface area is 262 Å². The zero-order chi connectivity index (χ0) is 31.5. The number of nitrogens with one attached hydrogen (secondary N) is 2. The summed E-state index contributed by atoms with van der Waals surface area (Å²) in [6, 6.07) is 5.85. The lowest BCUT2D eigenvalue weighted by Gasteiger charge is -2.39. The monoisotopic (exact) mass is 629 g/mol. The van der Waals surface area contributed by atoms with Crippen molar-refractivity contribution in [1.29, 1.82) is 0 Å². The van der Waals surface area contributed by atoms with E-state index in [-0.39, 0.29) is 23.3 Å². The van der Waals surface area contributed by atoms with Gasteiger partial charge in [-0.15, -0.1) is 0 Å². The molecule has 9 nitrogen and oxygen atoms in total. The summed E-state index contributed by atoms with van der Waals surface area (Å²) in [6.45, 7) is 21.0. The standard InChI is InChI=1S/C32H48ClN5O4Si/c1-19-15-23(13-14-39-19)35-30-20(2)29(28-21(3)38-41-22(28)4)36-31(37-30)26-16-24(11-12-27(26)33)40-18-25(17-34-8)42-43(9,10)32(5,6)7/h11-12,16,19,23,25,34H,13-15,17-18H2,1-10H3,(H,35,36,37)/t19-,23-,25?/m1/s1. The molecule has 0 amide bonds. The molecule has 0 spiro atoms. The molecule has 3 atom stereocenters. The van der Waals surface area contributed by atoms with Gasteiger partial charge in [0.25, 0.3) is 0 Å². The fraction of sp³-hybridized carbons (Fsp3) is 0.594. The topological polar surface area (TPSA) is 104 Å². The van der Waals surface area contributed by atoms with Gasteiger partial charge < -0.3 is 29.1 Å². The summed E-state index contributed by atoms with van der Waals surface area (Å²) < 4.78 is 24.3. The van der Waals surface area contributed by atoms with Crippen LogP contribution in [-0.2, 0) is 9.16 Å². The van der Waals surface area contributed by atoms with Gasteiger partial charge in [0.1, 0.15) is 23.9 Å². The third-order valence-corrected chi connectivity index (χ3v) is 13.4. The van der Waals surface area contributed by atoms with E-state index in [1.807, 2.05) is 46.0 Å². The zero-order valence-electron chi connectivity index (χ0n) is 27.4. The number of aromatic nitrogens is 3. The molecule has 4 rings (SSSR count). The lowest BCUT2D eigenvalue weighted by Crippen LogP contribution is -2.47. The highest BCUT2D eigenvalue weighted by Crippen LogP contribution is 2.38. The Kier molecular flexibility index (Phi) is 10.6. The minimum absolute atomic E-state index is 0.0931. The van der Waals surface area contributed by atoms with Gasteiger partial charge in [0, 0.05) is 30.3 Å². The van der Waals surface area contributed by atoms with Crippen LogP contribution < -0.4 is 15.4 Å². The van der Waals surface area contributed by atoms with Crippen LogP contribution in [-0.4, -0.2) is 68.5 Å². The molecule has 2 N–H and O–H groups in total. The Balaban J connectivity index is 1.68. The average molecular weight is 630 g/mol. The van der Waals surface area contributed by atoms with E-state index >= 15 is 0 Å². The second-order valence-corrected chi connectivity index (χ2v) is 18.3. The number of rotatable bonds is 11. The van der Waals surface area contributed by atoms with Crippen molar-refractivity contribution in [3.63, 3.8) is 0 Å². The van der Waals surface area contributed by atoms with Crippen LogP contribution in [0.25, 0.3) is 22.6 Å². The number of hydrogen-bond acceptors (Lipinski definition) is 9. The lowest BCUT2D eigenvalue weighted by atomic mass is 10.0. The van der Waals surface area contributed by atoms with Crippen LogP contribution in [0.4, 0.5) is 5.82 Å². The van der Waals surface area contributed by atoms with Crippen LogP contribution in [0.2, 0.25) is 23.2 Å². The van der Waals surface area contributed by atoms with Crippen LogP contribution in [0, 0.1) is 20.8 Å². The first kappa shape index (κ1) is 33.4. The number of hydrogen-bond donors (Lipinski definition) is 2. The molecule has 0 bridgehead atoms. The van der Waals surface area contributed by atoms with E-state index in [1.165, 1.54) is 0 Å². The van der Waals surface area contributed by atoms with E-state index in [4.69, 9.17) is 40.0 Å². The third-order valence-electron chi connectivity index (χ3n) is 8.56. The van der Waals surface area contributed by atoms with Gasteiger partial charge in [0.15, 0.2) is 14.1 Å². The number of nitrogens with zero attached hydrogens (tertiary/aromatic N) is 3. The Bertz CT molecular complexity index is 1390. The minimum atomic E-state index is -1.98. The van der Waals surface area contributed by atoms with Crippen molar-refractivity contribution in [3.8, 4) is 28.4 Å². The number of likely N-dealkylation sites (N-methyl/N-ethyl adjacent to an activating group) is 1. The van der Waals surface area contributed by atoms with Crippen molar-refractivity contribution >= 4 is 25.7 Å². The van der Waals surface area contributed by atoms with E-state index in [1.54, 1.807) is 0 Å². The molecule has 0 saturated carbocycles. The van der Waals surface area contributed by atoms with Crippen molar-refractivity contribution in [2.75, 3.05) is 32.1 Å². The van der Waals surface area contributed by atoms with Crippen LogP contribution in [0.1, 0.15) is 57.6 Å². The highest BCUT2D eigenvalue weighted by molar-refractivity contribution is 6.74. The first-order valence-electron chi connectivity index (χ1n) is 15.1. The van der Waals surface area contributed by atoms with Crippen LogP contribution >= 0.6 is 11.6 Å². The van der Waals surface area contributed by atoms with Crippen LogP contribution in [0.15, 0.2) is 22.7 Å². The van der Waals surface area contributed by atoms with E-state index in [0.29, 0.717) is 47.7 Å². The number of aryl methyl sites for hydroxylation is 2. The van der Waals surface area contributed by atoms with E-state index in [9.17, 15) is 0 Å². The number of anilines is 1. The fourth-order valence-electron chi connectivity index (χ4n) is 5.08. The summed E-state index contributed by atoms with van der Waals surface area (Å²) in [5.41, 5.74) is 4.02. The third kappa shape index (κ3) is 7.97. The second kappa shape index (κ2) is 13.6. The Morgan fingerprint density at radius 3 is 2.53 bits per heavy atom. The van der Waals surface area contributed by atoms with Gasteiger partial charge in [-0.1, -0.05) is 37.5 Å². The van der Waals surface area contributed by atoms with Gasteiger partial charge in [-0.3, -0.25) is 0 Å². The molecule has 1 unspecified atom stereocenters. The van der Waals surface area contributed by atoms with Crippen molar-refractivity contribution in [2.24, 2.45) is 0 Å². The molecule has 2 aromatic heterocycles. The predicted octanol–water partition coefficient (Wildman–Crippen LogP) is 7.35. The molecule has 1 saturated heterocycles. The highest BCUT2D eigenvalue weighted by atomic mass is 35.5. The maximum atomic E-state index is 6.79. The fourth-order valence-corrected chi connectivity index (χ4v) is 6.62. The summed E-state index contributed by atoms with van der Waals surface area (Å²) in [7, 11) is -0.0507. The van der Waals surface area contributed by atoms with Crippen molar-refractivity contribution < 1.29 is 18.4 Å². The van der Waals surface area contributed by atoms with Gasteiger partial charge in [0.05, 0.1) is 34.2 Å². The van der Waals surface area contributed by atoms with Gasteiger partial charge in [-0.05, 0) is 83.9 Å². The summed E-state index contributed by atoms with van der Waals surface area (Å²) in [6.07, 6.45) is 1.89. The van der Waals surface area contributed by atoms with Gasteiger partial charge in [-0.25, -0.2) is 9.97 Å². The van der Waals surface area contributed by atoms with Gasteiger partial charge in [-0.2, -0.15) is 0 Å². The summed E-state index contributed by atoms with van der Waals surface area (Å²) in [5, 5.41) is 11.8. The van der Waals surface area contributed by atoms with Crippen LogP contribution in [0.5, 0.6) is 5.75 Å². The maximum Gasteiger partial charge on any atom is 0.192 e. The SMILES string of the molecule is CNCC(COc1ccc(Cl)c(-c2nc(N[C@@H]3CCO[C@H](C)C3)c(C)c(-c3c(C)noc3C)n2)c1)O[Si](C)(C)C(C)(C)C. The molecule has 0 aliphatic carbocycles. The minimum Gasteiger partial charge on any atom is -0.491 e. The molecule has 43 heavy (non-hydrogen) atoms. The average Bonchev–Trinajstić information content (AvgIpc) is 3.26. The van der Waals surface area contributed by atoms with Crippen molar-refractivity contribution in [1.82, 2.24) is 20.4 Å². The molecule has 1 aliphatic rings. The maximum absolute atomic E-state index is 6.79. The molecule has 3 aromatic rings. The predicted molar refractivity (Wildman–Crippen MR) is 176 cm³/mol. The smallest absolute Gasteiger partial charge is 0.192 e. The first-order valence-corrected chi connectivity index (χ1v) is 18.4. The summed E-state index contributed by atoms with van der Waals surface area (Å²) in [5.74, 6) is 2.65. The normalized spacial score (nSPS) is 18.5. The lowest BCUT2D eigenvalue weighted by molar-refractivity contribution is 0.0231. The molecule has 1 aliphatic heterocycles. The molecule has 1 fully saturated rings. The van der Waals surface area contributed by atoms with Crippen molar-refractivity contribution in [3.05, 3.63) is 40.2 Å². The summed E-state index contributed by atoms with van der Waals surface area (Å²) >= 11 is 6.79. The zero-order valence-corrected chi connectivity index (χ0v) is 29.1. The summed E-state index contributed by atoms with van der Waals surface area (Å²) in [4.78, 5) is 10.0. The highest BCUT2D eigenvalue weighted by Gasteiger charge is 2.39. The van der Waals surface area contributed by atoms with E-state index in [2.05, 4.69) is 56.6 Å². The van der Waals surface area contributed by atoms with Gasteiger partial charge >= 0.3 is 0 Å². The van der Waals surface area contributed by atoms with E-state index < -0.39 is 8.32 Å². The number of ether oxygens (including phenoxy) is 2. The molecule has 3 heterocycles. The molecule has 0 radical (unpaired) electrons. The van der Waals surface area contributed by atoms with Crippen LogP contribution in [0.3, 0.4) is 0 Å². The van der Waals surface area contributed by atoms with E-state index in [0.717, 1.165) is 41.2 Å². The Hall–Kier alpha value is -2.50. The number of halogens is 1. The molecular weight excluding hydrogens is 582 g/mol.